The molecule has 0 aliphatic rings. The first kappa shape index (κ1) is 18.7. The molecular formula is C22H24N2O3. The van der Waals surface area contributed by atoms with Gasteiger partial charge in [-0.3, -0.25) is 9.59 Å². The molecule has 5 heteroatoms. The molecule has 1 atom stereocenters. The molecule has 0 aliphatic heterocycles. The Balaban J connectivity index is 1.63. The number of hydrogen-bond donors (Lipinski definition) is 1. The standard InChI is InChI=1S/C22H24N2O3/c1-3-16(2)24(22(26)20-9-6-14-27-20)13-12-21(25)23-19-11-10-17-7-4-5-8-18(17)15-19/h4-11,14-16H,3,12-13H2,1-2H3,(H,23,25). The lowest BCUT2D eigenvalue weighted by atomic mass is 10.1. The van der Waals surface area contributed by atoms with Gasteiger partial charge in [-0.2, -0.15) is 0 Å². The monoisotopic (exact) mass is 364 g/mol. The zero-order valence-electron chi connectivity index (χ0n) is 15.6. The molecule has 0 aliphatic carbocycles. The van der Waals surface area contributed by atoms with E-state index in [1.54, 1.807) is 17.0 Å². The van der Waals surface area contributed by atoms with Crippen LogP contribution in [-0.4, -0.2) is 29.3 Å². The van der Waals surface area contributed by atoms with E-state index in [2.05, 4.69) is 5.32 Å². The van der Waals surface area contributed by atoms with E-state index in [4.69, 9.17) is 4.42 Å². The van der Waals surface area contributed by atoms with Crippen molar-refractivity contribution in [1.82, 2.24) is 4.90 Å². The van der Waals surface area contributed by atoms with Crippen molar-refractivity contribution in [2.45, 2.75) is 32.7 Å². The molecule has 2 amide bonds. The number of fused-ring (bicyclic) bond motifs is 1. The molecule has 2 aromatic carbocycles. The third kappa shape index (κ3) is 4.56. The number of nitrogens with one attached hydrogen (secondary N) is 1. The molecule has 0 saturated carbocycles. The number of anilines is 1. The van der Waals surface area contributed by atoms with Gasteiger partial charge in [-0.25, -0.2) is 0 Å². The highest BCUT2D eigenvalue weighted by Gasteiger charge is 2.23. The van der Waals surface area contributed by atoms with E-state index in [0.717, 1.165) is 22.9 Å². The fourth-order valence-electron chi connectivity index (χ4n) is 3.00. The summed E-state index contributed by atoms with van der Waals surface area (Å²) < 4.78 is 5.22. The molecule has 0 saturated heterocycles. The molecule has 5 nitrogen and oxygen atoms in total. The van der Waals surface area contributed by atoms with Crippen molar-refractivity contribution in [3.8, 4) is 0 Å². The maximum atomic E-state index is 12.6. The second-order valence-electron chi connectivity index (χ2n) is 6.59. The van der Waals surface area contributed by atoms with Crippen molar-refractivity contribution < 1.29 is 14.0 Å². The van der Waals surface area contributed by atoms with Gasteiger partial charge in [0.15, 0.2) is 5.76 Å². The van der Waals surface area contributed by atoms with Crippen LogP contribution in [0.2, 0.25) is 0 Å². The minimum Gasteiger partial charge on any atom is -0.459 e. The number of amides is 2. The summed E-state index contributed by atoms with van der Waals surface area (Å²) in [6, 6.07) is 17.2. The van der Waals surface area contributed by atoms with Crippen molar-refractivity contribution in [2.24, 2.45) is 0 Å². The molecule has 3 rings (SSSR count). The van der Waals surface area contributed by atoms with Crippen LogP contribution in [-0.2, 0) is 4.79 Å². The number of benzene rings is 2. The minimum absolute atomic E-state index is 0.0241. The summed E-state index contributed by atoms with van der Waals surface area (Å²) >= 11 is 0. The van der Waals surface area contributed by atoms with E-state index < -0.39 is 0 Å². The fourth-order valence-corrected chi connectivity index (χ4v) is 3.00. The Kier molecular flexibility index (Phi) is 5.91. The molecule has 27 heavy (non-hydrogen) atoms. The first-order chi connectivity index (χ1) is 13.1. The largest absolute Gasteiger partial charge is 0.459 e. The molecule has 0 bridgehead atoms. The molecule has 1 unspecified atom stereocenters. The van der Waals surface area contributed by atoms with Gasteiger partial charge in [0.25, 0.3) is 5.91 Å². The quantitative estimate of drug-likeness (QED) is 0.661. The number of carbonyl (C=O) groups is 2. The molecule has 1 aromatic heterocycles. The average Bonchev–Trinajstić information content (AvgIpc) is 3.22. The summed E-state index contributed by atoms with van der Waals surface area (Å²) in [4.78, 5) is 26.7. The van der Waals surface area contributed by atoms with Crippen LogP contribution in [0.15, 0.2) is 65.3 Å². The van der Waals surface area contributed by atoms with E-state index in [0.29, 0.717) is 12.3 Å². The lowest BCUT2D eigenvalue weighted by Gasteiger charge is -2.27. The van der Waals surface area contributed by atoms with Gasteiger partial charge in [0.1, 0.15) is 0 Å². The second-order valence-corrected chi connectivity index (χ2v) is 6.59. The molecule has 3 aromatic rings. The molecule has 1 N–H and O–H groups in total. The van der Waals surface area contributed by atoms with Crippen LogP contribution in [0.5, 0.6) is 0 Å². The lowest BCUT2D eigenvalue weighted by Crippen LogP contribution is -2.40. The van der Waals surface area contributed by atoms with Gasteiger partial charge in [0.2, 0.25) is 5.91 Å². The Morgan fingerprint density at radius 2 is 1.85 bits per heavy atom. The first-order valence-electron chi connectivity index (χ1n) is 9.21. The third-order valence-corrected chi connectivity index (χ3v) is 4.73. The highest BCUT2D eigenvalue weighted by atomic mass is 16.3. The third-order valence-electron chi connectivity index (χ3n) is 4.73. The van der Waals surface area contributed by atoms with E-state index in [1.807, 2.05) is 56.3 Å². The van der Waals surface area contributed by atoms with Crippen molar-refractivity contribution >= 4 is 28.3 Å². The van der Waals surface area contributed by atoms with Gasteiger partial charge in [0, 0.05) is 24.7 Å². The van der Waals surface area contributed by atoms with Crippen LogP contribution in [0.1, 0.15) is 37.2 Å². The maximum absolute atomic E-state index is 12.6. The van der Waals surface area contributed by atoms with Crippen LogP contribution in [0.4, 0.5) is 5.69 Å². The zero-order chi connectivity index (χ0) is 19.2. The Labute approximate surface area is 159 Å². The molecular weight excluding hydrogens is 340 g/mol. The van der Waals surface area contributed by atoms with E-state index in [1.165, 1.54) is 6.26 Å². The Morgan fingerprint density at radius 1 is 1.07 bits per heavy atom. The minimum atomic E-state index is -0.187. The van der Waals surface area contributed by atoms with Gasteiger partial charge in [0.05, 0.1) is 6.26 Å². The average molecular weight is 364 g/mol. The summed E-state index contributed by atoms with van der Waals surface area (Å²) in [5.41, 5.74) is 0.756. The van der Waals surface area contributed by atoms with E-state index >= 15 is 0 Å². The summed E-state index contributed by atoms with van der Waals surface area (Å²) in [6.07, 6.45) is 2.51. The van der Waals surface area contributed by atoms with Crippen molar-refractivity contribution in [2.75, 3.05) is 11.9 Å². The highest BCUT2D eigenvalue weighted by Crippen LogP contribution is 2.19. The number of furan rings is 1. The number of nitrogens with zero attached hydrogens (tertiary/aromatic N) is 1. The molecule has 0 fully saturated rings. The fraction of sp³-hybridized carbons (Fsp3) is 0.273. The first-order valence-corrected chi connectivity index (χ1v) is 9.21. The predicted octanol–water partition coefficient (Wildman–Crippen LogP) is 4.70. The lowest BCUT2D eigenvalue weighted by molar-refractivity contribution is -0.116. The van der Waals surface area contributed by atoms with Crippen molar-refractivity contribution in [1.29, 1.82) is 0 Å². The Bertz CT molecular complexity index is 918. The van der Waals surface area contributed by atoms with Gasteiger partial charge in [-0.05, 0) is 48.4 Å². The van der Waals surface area contributed by atoms with Gasteiger partial charge in [-0.1, -0.05) is 37.3 Å². The highest BCUT2D eigenvalue weighted by molar-refractivity contribution is 5.95. The number of hydrogen-bond acceptors (Lipinski definition) is 3. The predicted molar refractivity (Wildman–Crippen MR) is 107 cm³/mol. The van der Waals surface area contributed by atoms with Crippen LogP contribution in [0, 0.1) is 0 Å². The smallest absolute Gasteiger partial charge is 0.289 e. The van der Waals surface area contributed by atoms with Crippen LogP contribution >= 0.6 is 0 Å². The van der Waals surface area contributed by atoms with E-state index in [-0.39, 0.29) is 24.3 Å². The van der Waals surface area contributed by atoms with Gasteiger partial charge >= 0.3 is 0 Å². The Hall–Kier alpha value is -3.08. The molecule has 1 heterocycles. The van der Waals surface area contributed by atoms with Gasteiger partial charge < -0.3 is 14.6 Å². The summed E-state index contributed by atoms with van der Waals surface area (Å²) in [5, 5.41) is 5.12. The van der Waals surface area contributed by atoms with E-state index in [9.17, 15) is 9.59 Å². The molecule has 140 valence electrons. The maximum Gasteiger partial charge on any atom is 0.289 e. The normalized spacial score (nSPS) is 11.9. The summed E-state index contributed by atoms with van der Waals surface area (Å²) in [5.74, 6) is -0.0103. The van der Waals surface area contributed by atoms with Crippen LogP contribution in [0.25, 0.3) is 10.8 Å². The second kappa shape index (κ2) is 8.54. The van der Waals surface area contributed by atoms with Crippen LogP contribution in [0.3, 0.4) is 0 Å². The number of rotatable bonds is 7. The van der Waals surface area contributed by atoms with Crippen LogP contribution < -0.4 is 5.32 Å². The topological polar surface area (TPSA) is 62.6 Å². The van der Waals surface area contributed by atoms with Crippen molar-refractivity contribution in [3.63, 3.8) is 0 Å². The molecule has 0 spiro atoms. The molecule has 0 radical (unpaired) electrons. The SMILES string of the molecule is CCC(C)N(CCC(=O)Nc1ccc2ccccc2c1)C(=O)c1ccco1. The summed E-state index contributed by atoms with van der Waals surface area (Å²) in [7, 11) is 0. The van der Waals surface area contributed by atoms with Crippen molar-refractivity contribution in [3.05, 3.63) is 66.6 Å². The van der Waals surface area contributed by atoms with Gasteiger partial charge in [-0.15, -0.1) is 0 Å². The number of carbonyl (C=O) groups excluding carboxylic acids is 2. The Morgan fingerprint density at radius 3 is 2.56 bits per heavy atom. The zero-order valence-corrected chi connectivity index (χ0v) is 15.6. The summed E-state index contributed by atoms with van der Waals surface area (Å²) in [6.45, 7) is 4.33.